The highest BCUT2D eigenvalue weighted by Gasteiger charge is 2.43. The molecule has 3 N–H and O–H groups in total. The minimum absolute atomic E-state index is 0.0419. The molecule has 6 heteroatoms. The second-order valence-corrected chi connectivity index (χ2v) is 8.38. The van der Waals surface area contributed by atoms with Crippen LogP contribution >= 0.6 is 0 Å². The molecule has 4 aliphatic heterocycles. The number of rotatable bonds is 7. The van der Waals surface area contributed by atoms with Crippen molar-refractivity contribution in [2.75, 3.05) is 32.1 Å². The number of aliphatic hydroxyl groups excluding tert-OH is 1. The van der Waals surface area contributed by atoms with Gasteiger partial charge in [0.1, 0.15) is 11.8 Å². The van der Waals surface area contributed by atoms with Gasteiger partial charge in [-0.25, -0.2) is 0 Å². The molecule has 2 bridgehead atoms. The van der Waals surface area contributed by atoms with Crippen molar-refractivity contribution < 1.29 is 14.6 Å². The average molecular weight is 410 g/mol. The van der Waals surface area contributed by atoms with Gasteiger partial charge >= 0.3 is 0 Å². The van der Waals surface area contributed by atoms with Gasteiger partial charge in [0.05, 0.1) is 13.2 Å². The topological polar surface area (TPSA) is 73.8 Å². The Morgan fingerprint density at radius 2 is 2.30 bits per heavy atom. The summed E-state index contributed by atoms with van der Waals surface area (Å²) >= 11 is 0. The highest BCUT2D eigenvalue weighted by Crippen LogP contribution is 2.42. The van der Waals surface area contributed by atoms with Gasteiger partial charge in [-0.05, 0) is 61.1 Å². The second-order valence-electron chi connectivity index (χ2n) is 8.38. The molecule has 1 aromatic carbocycles. The zero-order valence-corrected chi connectivity index (χ0v) is 17.5. The number of nitrogens with zero attached hydrogens (tertiary/aromatic N) is 1. The molecule has 0 saturated carbocycles. The molecular formula is C24H31N3O3. The van der Waals surface area contributed by atoms with E-state index in [0.717, 1.165) is 48.5 Å². The maximum atomic E-state index is 12.6. The van der Waals surface area contributed by atoms with E-state index in [-0.39, 0.29) is 11.9 Å². The molecule has 30 heavy (non-hydrogen) atoms. The predicted octanol–water partition coefficient (Wildman–Crippen LogP) is 2.43. The van der Waals surface area contributed by atoms with E-state index >= 15 is 0 Å². The van der Waals surface area contributed by atoms with Crippen LogP contribution in [0.25, 0.3) is 5.57 Å². The van der Waals surface area contributed by atoms with Crippen molar-refractivity contribution in [3.05, 3.63) is 55.1 Å². The van der Waals surface area contributed by atoms with Crippen molar-refractivity contribution in [2.24, 2.45) is 11.8 Å². The summed E-state index contributed by atoms with van der Waals surface area (Å²) in [5, 5.41) is 17.6. The van der Waals surface area contributed by atoms with Crippen molar-refractivity contribution in [2.45, 2.75) is 31.0 Å². The highest BCUT2D eigenvalue weighted by atomic mass is 16.5. The van der Waals surface area contributed by atoms with Gasteiger partial charge in [0, 0.05) is 30.4 Å². The molecule has 0 radical (unpaired) electrons. The molecule has 4 aliphatic rings. The van der Waals surface area contributed by atoms with Gasteiger partial charge in [-0.1, -0.05) is 12.2 Å². The lowest BCUT2D eigenvalue weighted by atomic mass is 9.73. The molecular weight excluding hydrogens is 378 g/mol. The minimum atomic E-state index is -0.679. The first-order valence-electron chi connectivity index (χ1n) is 10.7. The Bertz CT molecular complexity index is 865. The number of nitrogens with one attached hydrogen (secondary N) is 2. The first-order valence-corrected chi connectivity index (χ1v) is 10.7. The van der Waals surface area contributed by atoms with Crippen LogP contribution in [0.2, 0.25) is 0 Å². The van der Waals surface area contributed by atoms with Crippen molar-refractivity contribution >= 4 is 17.2 Å². The zero-order chi connectivity index (χ0) is 21.3. The van der Waals surface area contributed by atoms with Crippen molar-refractivity contribution in [3.63, 3.8) is 0 Å². The molecule has 0 aromatic heterocycles. The Kier molecular flexibility index (Phi) is 5.97. The molecule has 3 saturated heterocycles. The third-order valence-corrected chi connectivity index (χ3v) is 6.74. The van der Waals surface area contributed by atoms with Crippen LogP contribution in [0.1, 0.15) is 18.4 Å². The van der Waals surface area contributed by atoms with Crippen LogP contribution in [0, 0.1) is 11.8 Å². The van der Waals surface area contributed by atoms with Gasteiger partial charge in [0.25, 0.3) is 0 Å². The van der Waals surface area contributed by atoms with E-state index in [1.165, 1.54) is 0 Å². The molecule has 0 aliphatic carbocycles. The molecule has 5 rings (SSSR count). The second kappa shape index (κ2) is 8.66. The highest BCUT2D eigenvalue weighted by molar-refractivity contribution is 5.94. The zero-order valence-electron chi connectivity index (χ0n) is 17.5. The molecule has 3 unspecified atom stereocenters. The third-order valence-electron chi connectivity index (χ3n) is 6.74. The fourth-order valence-electron chi connectivity index (χ4n) is 5.09. The average Bonchev–Trinajstić information content (AvgIpc) is 2.80. The quantitative estimate of drug-likeness (QED) is 0.603. The lowest BCUT2D eigenvalue weighted by Gasteiger charge is -2.51. The molecule has 1 aromatic rings. The number of carbonyl (C=O) groups excluding carboxylic acids is 1. The van der Waals surface area contributed by atoms with Crippen LogP contribution < -0.4 is 15.4 Å². The molecule has 0 spiro atoms. The van der Waals surface area contributed by atoms with E-state index in [0.29, 0.717) is 18.4 Å². The summed E-state index contributed by atoms with van der Waals surface area (Å²) in [5.74, 6) is 1.64. The Balaban J connectivity index is 1.66. The normalized spacial score (nSPS) is 30.3. The number of amides is 1. The number of piperidine rings is 3. The van der Waals surface area contributed by atoms with Crippen LogP contribution in [0.3, 0.4) is 0 Å². The Morgan fingerprint density at radius 1 is 1.47 bits per heavy atom. The summed E-state index contributed by atoms with van der Waals surface area (Å²) < 4.78 is 5.41. The van der Waals surface area contributed by atoms with Crippen LogP contribution in [0.15, 0.2) is 49.6 Å². The Hall–Kier alpha value is -2.57. The fraction of sp³-hybridized carbons (Fsp3) is 0.458. The van der Waals surface area contributed by atoms with E-state index in [4.69, 9.17) is 4.74 Å². The van der Waals surface area contributed by atoms with Gasteiger partial charge in [0.2, 0.25) is 5.91 Å². The molecule has 160 valence electrons. The fourth-order valence-corrected chi connectivity index (χ4v) is 5.09. The number of hydrogen-bond acceptors (Lipinski definition) is 5. The predicted molar refractivity (Wildman–Crippen MR) is 119 cm³/mol. The molecule has 6 atom stereocenters. The molecule has 3 fully saturated rings. The van der Waals surface area contributed by atoms with Gasteiger partial charge in [-0.3, -0.25) is 9.69 Å². The number of methoxy groups -OCH3 is 1. The monoisotopic (exact) mass is 409 g/mol. The van der Waals surface area contributed by atoms with Gasteiger partial charge < -0.3 is 20.5 Å². The van der Waals surface area contributed by atoms with E-state index in [1.54, 1.807) is 13.2 Å². The lowest BCUT2D eigenvalue weighted by Crippen LogP contribution is -2.57. The number of fused-ring (bicyclic) bond motifs is 4. The Morgan fingerprint density at radius 3 is 2.97 bits per heavy atom. The van der Waals surface area contributed by atoms with E-state index in [9.17, 15) is 9.90 Å². The standard InChI is InChI=1S/C24H31N3O3/c1-4-9-25-24(29)21-13-19(18-12-17(30-3)6-7-20(18)26-21)23(28)22-11-16-8-10-27(22)14-15(16)5-2/h4-7,12-13,15-16,21-23,26,28H,1-2,8-11,14H2,3H3,(H,25,29)/t15-,16?,21?,22-,23+/m0/s1. The number of anilines is 1. The van der Waals surface area contributed by atoms with Gasteiger partial charge in [-0.2, -0.15) is 0 Å². The lowest BCUT2D eigenvalue weighted by molar-refractivity contribution is -0.120. The summed E-state index contributed by atoms with van der Waals surface area (Å²) in [6.07, 6.45) is 6.98. The number of aliphatic hydroxyl groups is 1. The first kappa shape index (κ1) is 20.7. The SMILES string of the molecule is C=CCNC(=O)C1C=C([C@@H](O)[C@@H]2CC3CCN2C[C@@H]3C=C)c2cc(OC)ccc2N1. The summed E-state index contributed by atoms with van der Waals surface area (Å²) in [7, 11) is 1.63. The first-order chi connectivity index (χ1) is 14.5. The van der Waals surface area contributed by atoms with Crippen LogP contribution in [0.4, 0.5) is 5.69 Å². The maximum Gasteiger partial charge on any atom is 0.246 e. The van der Waals surface area contributed by atoms with E-state index in [2.05, 4.69) is 34.8 Å². The van der Waals surface area contributed by atoms with E-state index in [1.807, 2.05) is 24.3 Å². The largest absolute Gasteiger partial charge is 0.497 e. The molecule has 4 heterocycles. The summed E-state index contributed by atoms with van der Waals surface area (Å²) in [6.45, 7) is 9.99. The Labute approximate surface area is 178 Å². The number of hydrogen-bond donors (Lipinski definition) is 3. The van der Waals surface area contributed by atoms with Crippen molar-refractivity contribution in [1.29, 1.82) is 0 Å². The number of benzene rings is 1. The van der Waals surface area contributed by atoms with Crippen molar-refractivity contribution in [3.8, 4) is 5.75 Å². The van der Waals surface area contributed by atoms with Gasteiger partial charge in [-0.15, -0.1) is 13.2 Å². The molecule has 1 amide bonds. The van der Waals surface area contributed by atoms with Crippen LogP contribution in [-0.2, 0) is 4.79 Å². The number of ether oxygens (including phenoxy) is 1. The molecule has 6 nitrogen and oxygen atoms in total. The minimum Gasteiger partial charge on any atom is -0.497 e. The summed E-state index contributed by atoms with van der Waals surface area (Å²) in [5.41, 5.74) is 2.50. The smallest absolute Gasteiger partial charge is 0.246 e. The maximum absolute atomic E-state index is 12.6. The van der Waals surface area contributed by atoms with Crippen molar-refractivity contribution in [1.82, 2.24) is 10.2 Å². The van der Waals surface area contributed by atoms with Crippen LogP contribution in [-0.4, -0.2) is 60.8 Å². The summed E-state index contributed by atoms with van der Waals surface area (Å²) in [6, 6.07) is 5.19. The van der Waals surface area contributed by atoms with E-state index < -0.39 is 12.1 Å². The number of carbonyl (C=O) groups is 1. The summed E-state index contributed by atoms with van der Waals surface area (Å²) in [4.78, 5) is 15.0. The van der Waals surface area contributed by atoms with Crippen LogP contribution in [0.5, 0.6) is 5.75 Å². The third kappa shape index (κ3) is 3.77. The van der Waals surface area contributed by atoms with Gasteiger partial charge in [0.15, 0.2) is 0 Å².